The van der Waals surface area contributed by atoms with E-state index in [9.17, 15) is 22.8 Å². The van der Waals surface area contributed by atoms with Crippen molar-refractivity contribution in [3.05, 3.63) is 69.9 Å². The van der Waals surface area contributed by atoms with Crippen molar-refractivity contribution in [1.29, 1.82) is 0 Å². The lowest BCUT2D eigenvalue weighted by molar-refractivity contribution is -0.141. The van der Waals surface area contributed by atoms with Gasteiger partial charge in [0.05, 0.1) is 17.0 Å². The number of alkyl halides is 3. The van der Waals surface area contributed by atoms with Crippen LogP contribution in [0.3, 0.4) is 0 Å². The Morgan fingerprint density at radius 1 is 1.21 bits per heavy atom. The van der Waals surface area contributed by atoms with E-state index in [1.54, 1.807) is 18.2 Å². The standard InChI is InChI=1S/C18H11F3N2O3S2/c19-18(20,21)14-6-3-11(8-22-14)9-23-15(24)13(28-17(23)27)7-10-1-4-12(5-2-10)16(25)26/h1-8H,9H2,(H,25,26)/b13-7-. The van der Waals surface area contributed by atoms with Crippen LogP contribution in [0.2, 0.25) is 0 Å². The van der Waals surface area contributed by atoms with Gasteiger partial charge in [0.25, 0.3) is 5.91 Å². The van der Waals surface area contributed by atoms with Crippen molar-refractivity contribution in [3.8, 4) is 0 Å². The van der Waals surface area contributed by atoms with Gasteiger partial charge >= 0.3 is 12.1 Å². The molecule has 1 aromatic heterocycles. The molecule has 0 spiro atoms. The van der Waals surface area contributed by atoms with Gasteiger partial charge in [0.1, 0.15) is 10.0 Å². The van der Waals surface area contributed by atoms with E-state index in [1.165, 1.54) is 23.1 Å². The summed E-state index contributed by atoms with van der Waals surface area (Å²) in [6.45, 7) is 0.00506. The average molecular weight is 424 g/mol. The number of carbonyl (C=O) groups is 2. The SMILES string of the molecule is O=C(O)c1ccc(/C=C2\SC(=S)N(Cc3ccc(C(F)(F)F)nc3)C2=O)cc1. The molecule has 1 aromatic carbocycles. The first-order valence-electron chi connectivity index (χ1n) is 7.76. The van der Waals surface area contributed by atoms with Crippen LogP contribution in [0.4, 0.5) is 13.2 Å². The number of thioether (sulfide) groups is 1. The number of pyridine rings is 1. The number of hydrogen-bond acceptors (Lipinski definition) is 5. The molecule has 1 N–H and O–H groups in total. The highest BCUT2D eigenvalue weighted by Crippen LogP contribution is 2.34. The molecule has 0 radical (unpaired) electrons. The van der Waals surface area contributed by atoms with Crippen molar-refractivity contribution in [2.24, 2.45) is 0 Å². The molecule has 1 amide bonds. The second kappa shape index (κ2) is 7.72. The molecule has 1 aliphatic rings. The Balaban J connectivity index is 1.75. The van der Waals surface area contributed by atoms with E-state index in [0.717, 1.165) is 24.0 Å². The third-order valence-electron chi connectivity index (χ3n) is 3.78. The van der Waals surface area contributed by atoms with E-state index in [4.69, 9.17) is 17.3 Å². The lowest BCUT2D eigenvalue weighted by Crippen LogP contribution is -2.27. The van der Waals surface area contributed by atoms with E-state index < -0.39 is 17.8 Å². The molecule has 0 saturated carbocycles. The number of carbonyl (C=O) groups excluding carboxylic acids is 1. The normalized spacial score (nSPS) is 16.1. The lowest BCUT2D eigenvalue weighted by Gasteiger charge is -2.14. The number of hydrogen-bond donors (Lipinski definition) is 1. The molecule has 2 aromatic rings. The number of thiocarbonyl (C=S) groups is 1. The van der Waals surface area contributed by atoms with Gasteiger partial charge in [-0.05, 0) is 35.4 Å². The molecule has 0 aliphatic carbocycles. The van der Waals surface area contributed by atoms with Gasteiger partial charge in [-0.25, -0.2) is 4.79 Å². The fourth-order valence-corrected chi connectivity index (χ4v) is 3.63. The van der Waals surface area contributed by atoms with Crippen molar-refractivity contribution in [2.45, 2.75) is 12.7 Å². The quantitative estimate of drug-likeness (QED) is 0.586. The molecular weight excluding hydrogens is 413 g/mol. The molecule has 0 unspecified atom stereocenters. The molecule has 0 bridgehead atoms. The monoisotopic (exact) mass is 424 g/mol. The van der Waals surface area contributed by atoms with Crippen LogP contribution in [-0.2, 0) is 17.5 Å². The summed E-state index contributed by atoms with van der Waals surface area (Å²) in [5.41, 5.74) is 0.156. The Morgan fingerprint density at radius 2 is 1.89 bits per heavy atom. The third-order valence-corrected chi connectivity index (χ3v) is 5.16. The number of aromatic carboxylic acids is 1. The van der Waals surface area contributed by atoms with Gasteiger partial charge < -0.3 is 5.11 Å². The summed E-state index contributed by atoms with van der Waals surface area (Å²) in [4.78, 5) is 28.5. The zero-order chi connectivity index (χ0) is 20.5. The zero-order valence-electron chi connectivity index (χ0n) is 13.9. The number of carboxylic acid groups (broad SMARTS) is 1. The van der Waals surface area contributed by atoms with Crippen molar-refractivity contribution < 1.29 is 27.9 Å². The lowest BCUT2D eigenvalue weighted by atomic mass is 10.1. The number of benzene rings is 1. The second-order valence-corrected chi connectivity index (χ2v) is 7.42. The molecule has 5 nitrogen and oxygen atoms in total. The zero-order valence-corrected chi connectivity index (χ0v) is 15.6. The smallest absolute Gasteiger partial charge is 0.433 e. The number of halogens is 3. The number of nitrogens with zero attached hydrogens (tertiary/aromatic N) is 2. The molecular formula is C18H11F3N2O3S2. The van der Waals surface area contributed by atoms with Crippen LogP contribution in [0.1, 0.15) is 27.2 Å². The summed E-state index contributed by atoms with van der Waals surface area (Å²) in [6.07, 6.45) is -1.88. The maximum absolute atomic E-state index is 12.6. The summed E-state index contributed by atoms with van der Waals surface area (Å²) < 4.78 is 38.0. The molecule has 0 atom stereocenters. The van der Waals surface area contributed by atoms with E-state index in [0.29, 0.717) is 16.0 Å². The highest BCUT2D eigenvalue weighted by Gasteiger charge is 2.34. The molecule has 1 saturated heterocycles. The summed E-state index contributed by atoms with van der Waals surface area (Å²) in [5, 5.41) is 8.91. The summed E-state index contributed by atoms with van der Waals surface area (Å²) in [5.74, 6) is -1.43. The van der Waals surface area contributed by atoms with Crippen molar-refractivity contribution in [2.75, 3.05) is 0 Å². The fourth-order valence-electron chi connectivity index (χ4n) is 2.38. The van der Waals surface area contributed by atoms with Gasteiger partial charge in [0.2, 0.25) is 0 Å². The number of amides is 1. The van der Waals surface area contributed by atoms with E-state index in [2.05, 4.69) is 4.98 Å². The van der Waals surface area contributed by atoms with Crippen LogP contribution in [0.25, 0.3) is 6.08 Å². The minimum absolute atomic E-state index is 0.00506. The van der Waals surface area contributed by atoms with Crippen LogP contribution >= 0.6 is 24.0 Å². The highest BCUT2D eigenvalue weighted by molar-refractivity contribution is 8.26. The van der Waals surface area contributed by atoms with Gasteiger partial charge in [-0.2, -0.15) is 13.2 Å². The largest absolute Gasteiger partial charge is 0.478 e. The van der Waals surface area contributed by atoms with Gasteiger partial charge in [-0.1, -0.05) is 42.2 Å². The van der Waals surface area contributed by atoms with Gasteiger partial charge in [-0.15, -0.1) is 0 Å². The molecule has 2 heterocycles. The topological polar surface area (TPSA) is 70.5 Å². The first-order chi connectivity index (χ1) is 13.1. The van der Waals surface area contributed by atoms with Crippen LogP contribution in [0.5, 0.6) is 0 Å². The maximum atomic E-state index is 12.6. The van der Waals surface area contributed by atoms with Crippen LogP contribution < -0.4 is 0 Å². The molecule has 1 aliphatic heterocycles. The summed E-state index contributed by atoms with van der Waals surface area (Å²) in [6, 6.07) is 8.08. The Bertz CT molecular complexity index is 971. The van der Waals surface area contributed by atoms with Gasteiger partial charge in [-0.3, -0.25) is 14.7 Å². The van der Waals surface area contributed by atoms with Gasteiger partial charge in [0, 0.05) is 6.20 Å². The Kier molecular flexibility index (Phi) is 5.52. The van der Waals surface area contributed by atoms with Crippen LogP contribution in [0.15, 0.2) is 47.5 Å². The van der Waals surface area contributed by atoms with E-state index in [1.807, 2.05) is 0 Å². The maximum Gasteiger partial charge on any atom is 0.433 e. The van der Waals surface area contributed by atoms with Gasteiger partial charge in [0.15, 0.2) is 0 Å². The predicted molar refractivity (Wildman–Crippen MR) is 101 cm³/mol. The molecule has 10 heteroatoms. The van der Waals surface area contributed by atoms with Crippen LogP contribution in [-0.4, -0.2) is 31.2 Å². The average Bonchev–Trinajstić information content (AvgIpc) is 2.89. The van der Waals surface area contributed by atoms with E-state index in [-0.39, 0.29) is 22.3 Å². The first kappa shape index (κ1) is 20.0. The highest BCUT2D eigenvalue weighted by atomic mass is 32.2. The second-order valence-electron chi connectivity index (χ2n) is 5.74. The van der Waals surface area contributed by atoms with Crippen LogP contribution in [0, 0.1) is 0 Å². The molecule has 144 valence electrons. The Hall–Kier alpha value is -2.72. The predicted octanol–water partition coefficient (Wildman–Crippen LogP) is 4.20. The minimum atomic E-state index is -4.53. The molecule has 28 heavy (non-hydrogen) atoms. The Labute approximate surface area is 166 Å². The fraction of sp³-hybridized carbons (Fsp3) is 0.111. The van der Waals surface area contributed by atoms with Crippen molar-refractivity contribution >= 4 is 46.3 Å². The number of aromatic nitrogens is 1. The first-order valence-corrected chi connectivity index (χ1v) is 8.98. The third kappa shape index (κ3) is 4.39. The molecule has 3 rings (SSSR count). The molecule has 1 fully saturated rings. The minimum Gasteiger partial charge on any atom is -0.478 e. The van der Waals surface area contributed by atoms with Crippen molar-refractivity contribution in [3.63, 3.8) is 0 Å². The van der Waals surface area contributed by atoms with Crippen molar-refractivity contribution in [1.82, 2.24) is 9.88 Å². The summed E-state index contributed by atoms with van der Waals surface area (Å²) >= 11 is 6.27. The van der Waals surface area contributed by atoms with E-state index >= 15 is 0 Å². The number of carboxylic acids is 1. The number of rotatable bonds is 4. The summed E-state index contributed by atoms with van der Waals surface area (Å²) in [7, 11) is 0. The Morgan fingerprint density at radius 3 is 2.43 bits per heavy atom.